The molecule has 0 saturated carbocycles. The molecule has 1 atom stereocenters. The third kappa shape index (κ3) is 3.56. The highest BCUT2D eigenvalue weighted by Crippen LogP contribution is 2.14. The molecule has 0 spiro atoms. The lowest BCUT2D eigenvalue weighted by molar-refractivity contribution is -0.121. The molecule has 1 fully saturated rings. The van der Waals surface area contributed by atoms with Gasteiger partial charge in [0.1, 0.15) is 0 Å². The van der Waals surface area contributed by atoms with Crippen LogP contribution < -0.4 is 10.6 Å². The Kier molecular flexibility index (Phi) is 4.58. The molecular formula is C14H24N4O. The van der Waals surface area contributed by atoms with Crippen LogP contribution in [0, 0.1) is 13.8 Å². The Morgan fingerprint density at radius 3 is 2.89 bits per heavy atom. The van der Waals surface area contributed by atoms with Crippen molar-refractivity contribution in [1.82, 2.24) is 20.4 Å². The van der Waals surface area contributed by atoms with Crippen LogP contribution in [0.2, 0.25) is 0 Å². The fourth-order valence-electron chi connectivity index (χ4n) is 2.69. The van der Waals surface area contributed by atoms with Crippen molar-refractivity contribution in [2.24, 2.45) is 7.05 Å². The zero-order valence-corrected chi connectivity index (χ0v) is 12.1. The van der Waals surface area contributed by atoms with Gasteiger partial charge in [0.25, 0.3) is 0 Å². The molecule has 2 rings (SSSR count). The van der Waals surface area contributed by atoms with Crippen LogP contribution in [-0.4, -0.2) is 34.8 Å². The normalized spacial score (nSPS) is 19.4. The minimum Gasteiger partial charge on any atom is -0.352 e. The first-order valence-corrected chi connectivity index (χ1v) is 7.07. The number of hydrogen-bond donors (Lipinski definition) is 2. The second-order valence-electron chi connectivity index (χ2n) is 5.38. The Labute approximate surface area is 114 Å². The monoisotopic (exact) mass is 264 g/mol. The molecule has 0 aromatic carbocycles. The molecule has 2 N–H and O–H groups in total. The lowest BCUT2D eigenvalue weighted by Gasteiger charge is -2.23. The molecule has 0 bridgehead atoms. The van der Waals surface area contributed by atoms with Crippen molar-refractivity contribution in [1.29, 1.82) is 0 Å². The van der Waals surface area contributed by atoms with E-state index in [-0.39, 0.29) is 5.91 Å². The number of nitrogens with zero attached hydrogens (tertiary/aromatic N) is 2. The van der Waals surface area contributed by atoms with Gasteiger partial charge in [-0.05, 0) is 45.2 Å². The minimum absolute atomic E-state index is 0.149. The predicted molar refractivity (Wildman–Crippen MR) is 75.0 cm³/mol. The molecule has 106 valence electrons. The molecular weight excluding hydrogens is 240 g/mol. The Hall–Kier alpha value is -1.36. The number of aryl methyl sites for hydroxylation is 2. The smallest absolute Gasteiger partial charge is 0.220 e. The number of hydrogen-bond acceptors (Lipinski definition) is 3. The SMILES string of the molecule is Cc1nn(C)c(C)c1CCC(=O)N[C@H]1CCCNC1. The molecule has 1 amide bonds. The zero-order chi connectivity index (χ0) is 13.8. The number of carbonyl (C=O) groups excluding carboxylic acids is 1. The molecule has 0 unspecified atom stereocenters. The van der Waals surface area contributed by atoms with Crippen LogP contribution in [0.5, 0.6) is 0 Å². The summed E-state index contributed by atoms with van der Waals surface area (Å²) in [7, 11) is 1.94. The summed E-state index contributed by atoms with van der Waals surface area (Å²) in [6.07, 6.45) is 3.55. The lowest BCUT2D eigenvalue weighted by atomic mass is 10.1. The van der Waals surface area contributed by atoms with Gasteiger partial charge in [-0.2, -0.15) is 5.10 Å². The van der Waals surface area contributed by atoms with Gasteiger partial charge in [0, 0.05) is 31.7 Å². The standard InChI is InChI=1S/C14H24N4O/c1-10-13(11(2)18(3)17-10)6-7-14(19)16-12-5-4-8-15-9-12/h12,15H,4-9H2,1-3H3,(H,16,19)/t12-/m0/s1. The van der Waals surface area contributed by atoms with Gasteiger partial charge in [-0.3, -0.25) is 9.48 Å². The molecule has 1 aromatic rings. The Bertz CT molecular complexity index is 447. The summed E-state index contributed by atoms with van der Waals surface area (Å²) in [5, 5.41) is 10.8. The van der Waals surface area contributed by atoms with Gasteiger partial charge in [0.15, 0.2) is 0 Å². The molecule has 1 aliphatic heterocycles. The van der Waals surface area contributed by atoms with Crippen LogP contribution in [0.4, 0.5) is 0 Å². The van der Waals surface area contributed by atoms with Crippen LogP contribution in [0.3, 0.4) is 0 Å². The summed E-state index contributed by atoms with van der Waals surface area (Å²) in [4.78, 5) is 11.9. The van der Waals surface area contributed by atoms with Gasteiger partial charge >= 0.3 is 0 Å². The van der Waals surface area contributed by atoms with E-state index in [4.69, 9.17) is 0 Å². The van der Waals surface area contributed by atoms with Crippen LogP contribution in [0.25, 0.3) is 0 Å². The molecule has 0 aliphatic carbocycles. The molecule has 19 heavy (non-hydrogen) atoms. The van der Waals surface area contributed by atoms with Crippen molar-refractivity contribution in [3.05, 3.63) is 17.0 Å². The molecule has 2 heterocycles. The fourth-order valence-corrected chi connectivity index (χ4v) is 2.69. The number of piperidine rings is 1. The van der Waals surface area contributed by atoms with Crippen molar-refractivity contribution in [3.63, 3.8) is 0 Å². The van der Waals surface area contributed by atoms with Gasteiger partial charge in [0.2, 0.25) is 5.91 Å². The maximum absolute atomic E-state index is 11.9. The molecule has 1 saturated heterocycles. The van der Waals surface area contributed by atoms with E-state index in [2.05, 4.69) is 22.7 Å². The highest BCUT2D eigenvalue weighted by Gasteiger charge is 2.16. The molecule has 0 radical (unpaired) electrons. The van der Waals surface area contributed by atoms with Gasteiger partial charge in [-0.25, -0.2) is 0 Å². The lowest BCUT2D eigenvalue weighted by Crippen LogP contribution is -2.45. The fraction of sp³-hybridized carbons (Fsp3) is 0.714. The summed E-state index contributed by atoms with van der Waals surface area (Å²) in [5.41, 5.74) is 3.40. The van der Waals surface area contributed by atoms with E-state index in [1.807, 2.05) is 18.7 Å². The first-order valence-electron chi connectivity index (χ1n) is 7.07. The topological polar surface area (TPSA) is 59.0 Å². The van der Waals surface area contributed by atoms with E-state index < -0.39 is 0 Å². The first kappa shape index (κ1) is 14.1. The van der Waals surface area contributed by atoms with E-state index >= 15 is 0 Å². The van der Waals surface area contributed by atoms with Crippen molar-refractivity contribution < 1.29 is 4.79 Å². The second kappa shape index (κ2) is 6.19. The van der Waals surface area contributed by atoms with Crippen molar-refractivity contribution >= 4 is 5.91 Å². The van der Waals surface area contributed by atoms with E-state index in [1.165, 1.54) is 5.56 Å². The van der Waals surface area contributed by atoms with E-state index in [0.29, 0.717) is 12.5 Å². The van der Waals surface area contributed by atoms with Crippen LogP contribution in [-0.2, 0) is 18.3 Å². The van der Waals surface area contributed by atoms with E-state index in [0.717, 1.165) is 43.7 Å². The molecule has 1 aromatic heterocycles. The van der Waals surface area contributed by atoms with Crippen molar-refractivity contribution in [3.8, 4) is 0 Å². The molecule has 5 nitrogen and oxygen atoms in total. The minimum atomic E-state index is 0.149. The van der Waals surface area contributed by atoms with Crippen molar-refractivity contribution in [2.75, 3.05) is 13.1 Å². The van der Waals surface area contributed by atoms with Gasteiger partial charge in [-0.15, -0.1) is 0 Å². The number of nitrogens with one attached hydrogen (secondary N) is 2. The maximum atomic E-state index is 11.9. The zero-order valence-electron chi connectivity index (χ0n) is 12.1. The third-order valence-corrected chi connectivity index (χ3v) is 3.92. The quantitative estimate of drug-likeness (QED) is 0.847. The average molecular weight is 264 g/mol. The predicted octanol–water partition coefficient (Wildman–Crippen LogP) is 0.838. The summed E-state index contributed by atoms with van der Waals surface area (Å²) in [5.74, 6) is 0.149. The molecule has 1 aliphatic rings. The van der Waals surface area contributed by atoms with E-state index in [9.17, 15) is 4.79 Å². The number of aromatic nitrogens is 2. The number of rotatable bonds is 4. The van der Waals surface area contributed by atoms with Gasteiger partial charge in [0.05, 0.1) is 5.69 Å². The average Bonchev–Trinajstić information content (AvgIpc) is 2.62. The summed E-state index contributed by atoms with van der Waals surface area (Å²) < 4.78 is 1.88. The maximum Gasteiger partial charge on any atom is 0.220 e. The number of carbonyl (C=O) groups is 1. The largest absolute Gasteiger partial charge is 0.352 e. The van der Waals surface area contributed by atoms with Crippen LogP contribution >= 0.6 is 0 Å². The Morgan fingerprint density at radius 2 is 2.32 bits per heavy atom. The Morgan fingerprint density at radius 1 is 1.53 bits per heavy atom. The number of amides is 1. The third-order valence-electron chi connectivity index (χ3n) is 3.92. The Balaban J connectivity index is 1.82. The van der Waals surface area contributed by atoms with E-state index in [1.54, 1.807) is 0 Å². The van der Waals surface area contributed by atoms with Crippen LogP contribution in [0.15, 0.2) is 0 Å². The summed E-state index contributed by atoms with van der Waals surface area (Å²) >= 11 is 0. The van der Waals surface area contributed by atoms with Gasteiger partial charge in [-0.1, -0.05) is 0 Å². The highest BCUT2D eigenvalue weighted by atomic mass is 16.1. The summed E-state index contributed by atoms with van der Waals surface area (Å²) in [6.45, 7) is 6.03. The van der Waals surface area contributed by atoms with Gasteiger partial charge < -0.3 is 10.6 Å². The van der Waals surface area contributed by atoms with Crippen LogP contribution in [0.1, 0.15) is 36.2 Å². The molecule has 5 heteroatoms. The highest BCUT2D eigenvalue weighted by molar-refractivity contribution is 5.76. The first-order chi connectivity index (χ1) is 9.08. The summed E-state index contributed by atoms with van der Waals surface area (Å²) in [6, 6.07) is 0.303. The second-order valence-corrected chi connectivity index (χ2v) is 5.38. The van der Waals surface area contributed by atoms with Crippen molar-refractivity contribution in [2.45, 2.75) is 45.6 Å².